The number of amides is 1. The van der Waals surface area contributed by atoms with Gasteiger partial charge in [-0.05, 0) is 37.2 Å². The van der Waals surface area contributed by atoms with Crippen LogP contribution in [-0.2, 0) is 0 Å². The zero-order valence-electron chi connectivity index (χ0n) is 17.7. The number of thiazole rings is 1. The van der Waals surface area contributed by atoms with Crippen molar-refractivity contribution in [2.24, 2.45) is 0 Å². The highest BCUT2D eigenvalue weighted by molar-refractivity contribution is 7.18. The number of benzene rings is 2. The topological polar surface area (TPSA) is 65.1 Å². The Bertz CT molecular complexity index is 1300. The number of carbonyl (C=O) groups excluding carboxylic acids is 1. The van der Waals surface area contributed by atoms with Crippen LogP contribution >= 0.6 is 11.3 Å². The molecule has 0 radical (unpaired) electrons. The molecule has 32 heavy (non-hydrogen) atoms. The molecule has 1 amide bonds. The summed E-state index contributed by atoms with van der Waals surface area (Å²) in [5.74, 6) is -1.64. The maximum absolute atomic E-state index is 14.0. The first-order valence-electron chi connectivity index (χ1n) is 10.3. The van der Waals surface area contributed by atoms with Gasteiger partial charge in [0, 0.05) is 37.6 Å². The second-order valence-electron chi connectivity index (χ2n) is 8.02. The molecule has 0 aliphatic carbocycles. The van der Waals surface area contributed by atoms with Crippen molar-refractivity contribution in [1.29, 1.82) is 0 Å². The summed E-state index contributed by atoms with van der Waals surface area (Å²) in [4.78, 5) is 22.4. The highest BCUT2D eigenvalue weighted by Crippen LogP contribution is 2.38. The normalized spacial score (nSPS) is 14.9. The van der Waals surface area contributed by atoms with Crippen LogP contribution in [-0.4, -0.2) is 64.1 Å². The molecule has 1 fully saturated rings. The van der Waals surface area contributed by atoms with E-state index in [0.717, 1.165) is 35.6 Å². The first-order valence-corrected chi connectivity index (χ1v) is 11.1. The van der Waals surface area contributed by atoms with Crippen molar-refractivity contribution in [2.45, 2.75) is 6.92 Å². The standard InChI is InChI=1S/C23H21F2N5OS/c1-13-4-3-5-17-18(13)27-28-19(17)22-26-20(23(31)30-8-6-29(2)7-9-30)21(32-22)14-10-15(24)12-16(25)11-14/h3-5,10-12H,6-9H2,1-2H3,(H,27,28). The van der Waals surface area contributed by atoms with Gasteiger partial charge in [0.05, 0.1) is 10.4 Å². The van der Waals surface area contributed by atoms with E-state index in [0.29, 0.717) is 34.2 Å². The van der Waals surface area contributed by atoms with Crippen molar-refractivity contribution < 1.29 is 13.6 Å². The number of fused-ring (bicyclic) bond motifs is 1. The summed E-state index contributed by atoms with van der Waals surface area (Å²) in [6.45, 7) is 4.65. The number of likely N-dealkylation sites (N-methyl/N-ethyl adjacent to an activating group) is 1. The number of aromatic amines is 1. The van der Waals surface area contributed by atoms with Crippen molar-refractivity contribution in [3.8, 4) is 21.1 Å². The molecule has 164 valence electrons. The van der Waals surface area contributed by atoms with Crippen LogP contribution < -0.4 is 0 Å². The van der Waals surface area contributed by atoms with Crippen molar-refractivity contribution in [2.75, 3.05) is 33.2 Å². The molecule has 1 aliphatic heterocycles. The number of piperazine rings is 1. The second kappa shape index (κ2) is 8.07. The van der Waals surface area contributed by atoms with E-state index in [1.54, 1.807) is 4.90 Å². The fraction of sp³-hybridized carbons (Fsp3) is 0.261. The first-order chi connectivity index (χ1) is 15.4. The summed E-state index contributed by atoms with van der Waals surface area (Å²) in [5, 5.41) is 8.88. The lowest BCUT2D eigenvalue weighted by Gasteiger charge is -2.32. The Balaban J connectivity index is 1.65. The van der Waals surface area contributed by atoms with E-state index in [-0.39, 0.29) is 11.6 Å². The van der Waals surface area contributed by atoms with Gasteiger partial charge in [-0.1, -0.05) is 18.2 Å². The van der Waals surface area contributed by atoms with Gasteiger partial charge in [-0.15, -0.1) is 11.3 Å². The summed E-state index contributed by atoms with van der Waals surface area (Å²) in [6.07, 6.45) is 0. The Morgan fingerprint density at radius 2 is 1.81 bits per heavy atom. The molecule has 1 aliphatic rings. The third kappa shape index (κ3) is 3.67. The number of nitrogens with one attached hydrogen (secondary N) is 1. The minimum atomic E-state index is -0.700. The number of hydrogen-bond donors (Lipinski definition) is 1. The van der Waals surface area contributed by atoms with Gasteiger partial charge in [0.15, 0.2) is 0 Å². The SMILES string of the molecule is Cc1cccc2c(-c3nc(C(=O)N4CCN(C)CC4)c(-c4cc(F)cc(F)c4)s3)n[nH]c12. The molecule has 4 aromatic rings. The third-order valence-corrected chi connectivity index (χ3v) is 6.87. The molecule has 6 nitrogen and oxygen atoms in total. The molecule has 0 unspecified atom stereocenters. The Morgan fingerprint density at radius 1 is 1.09 bits per heavy atom. The molecule has 0 bridgehead atoms. The summed E-state index contributed by atoms with van der Waals surface area (Å²) in [7, 11) is 2.01. The maximum atomic E-state index is 14.0. The number of carbonyl (C=O) groups is 1. The Hall–Kier alpha value is -3.17. The summed E-state index contributed by atoms with van der Waals surface area (Å²) >= 11 is 1.22. The van der Waals surface area contributed by atoms with E-state index in [4.69, 9.17) is 0 Å². The quantitative estimate of drug-likeness (QED) is 0.502. The molecule has 5 rings (SSSR count). The van der Waals surface area contributed by atoms with Crippen molar-refractivity contribution in [3.63, 3.8) is 0 Å². The van der Waals surface area contributed by atoms with E-state index < -0.39 is 11.6 Å². The number of aromatic nitrogens is 3. The smallest absolute Gasteiger partial charge is 0.274 e. The summed E-state index contributed by atoms with van der Waals surface area (Å²) in [5.41, 5.74) is 3.04. The van der Waals surface area contributed by atoms with Crippen LogP contribution in [0.2, 0.25) is 0 Å². The van der Waals surface area contributed by atoms with Crippen molar-refractivity contribution in [1.82, 2.24) is 25.0 Å². The van der Waals surface area contributed by atoms with E-state index >= 15 is 0 Å². The predicted molar refractivity (Wildman–Crippen MR) is 121 cm³/mol. The molecule has 2 aromatic heterocycles. The first kappa shape index (κ1) is 20.7. The van der Waals surface area contributed by atoms with E-state index in [9.17, 15) is 13.6 Å². The van der Waals surface area contributed by atoms with E-state index in [1.165, 1.54) is 23.5 Å². The van der Waals surface area contributed by atoms with Crippen LogP contribution in [0.15, 0.2) is 36.4 Å². The zero-order valence-corrected chi connectivity index (χ0v) is 18.5. The van der Waals surface area contributed by atoms with Crippen LogP contribution in [0.1, 0.15) is 16.1 Å². The molecule has 1 N–H and O–H groups in total. The number of aryl methyl sites for hydroxylation is 1. The van der Waals surface area contributed by atoms with Crippen molar-refractivity contribution in [3.05, 3.63) is 59.3 Å². The molecular formula is C23H21F2N5OS. The zero-order chi connectivity index (χ0) is 22.4. The second-order valence-corrected chi connectivity index (χ2v) is 9.02. The number of para-hydroxylation sites is 1. The Morgan fingerprint density at radius 3 is 2.53 bits per heavy atom. The number of rotatable bonds is 3. The predicted octanol–water partition coefficient (Wildman–Crippen LogP) is 4.33. The number of hydrogen-bond acceptors (Lipinski definition) is 5. The molecule has 3 heterocycles. The average Bonchev–Trinajstić information content (AvgIpc) is 3.38. The minimum absolute atomic E-state index is 0.198. The molecule has 9 heteroatoms. The van der Waals surface area contributed by atoms with Crippen LogP contribution in [0.5, 0.6) is 0 Å². The molecule has 0 saturated carbocycles. The van der Waals surface area contributed by atoms with E-state index in [2.05, 4.69) is 20.1 Å². The number of halogens is 2. The maximum Gasteiger partial charge on any atom is 0.274 e. The molecule has 1 saturated heterocycles. The molecule has 0 spiro atoms. The Labute approximate surface area is 187 Å². The fourth-order valence-corrected chi connectivity index (χ4v) is 5.00. The van der Waals surface area contributed by atoms with Gasteiger partial charge in [-0.3, -0.25) is 9.89 Å². The highest BCUT2D eigenvalue weighted by Gasteiger charge is 2.28. The fourth-order valence-electron chi connectivity index (χ4n) is 3.95. The third-order valence-electron chi connectivity index (χ3n) is 5.75. The summed E-state index contributed by atoms with van der Waals surface area (Å²) < 4.78 is 28.0. The van der Waals surface area contributed by atoms with Crippen LogP contribution in [0.3, 0.4) is 0 Å². The lowest BCUT2D eigenvalue weighted by molar-refractivity contribution is 0.0660. The van der Waals surface area contributed by atoms with Gasteiger partial charge in [0.25, 0.3) is 5.91 Å². The van der Waals surface area contributed by atoms with Crippen LogP contribution in [0.4, 0.5) is 8.78 Å². The minimum Gasteiger partial charge on any atom is -0.335 e. The van der Waals surface area contributed by atoms with Crippen LogP contribution in [0, 0.1) is 18.6 Å². The molecule has 0 atom stereocenters. The van der Waals surface area contributed by atoms with Crippen LogP contribution in [0.25, 0.3) is 32.0 Å². The van der Waals surface area contributed by atoms with Gasteiger partial charge >= 0.3 is 0 Å². The van der Waals surface area contributed by atoms with Crippen molar-refractivity contribution >= 4 is 28.1 Å². The van der Waals surface area contributed by atoms with Gasteiger partial charge in [0.1, 0.15) is 28.0 Å². The number of nitrogens with zero attached hydrogens (tertiary/aromatic N) is 4. The van der Waals surface area contributed by atoms with Gasteiger partial charge < -0.3 is 9.80 Å². The summed E-state index contributed by atoms with van der Waals surface area (Å²) in [6, 6.07) is 9.13. The number of H-pyrrole nitrogens is 1. The van der Waals surface area contributed by atoms with Gasteiger partial charge in [0.2, 0.25) is 0 Å². The lowest BCUT2D eigenvalue weighted by Crippen LogP contribution is -2.47. The van der Waals surface area contributed by atoms with E-state index in [1.807, 2.05) is 32.2 Å². The lowest BCUT2D eigenvalue weighted by atomic mass is 10.1. The Kier molecular flexibility index (Phi) is 5.22. The van der Waals surface area contributed by atoms with Gasteiger partial charge in [-0.25, -0.2) is 13.8 Å². The highest BCUT2D eigenvalue weighted by atomic mass is 32.1. The molecular weight excluding hydrogens is 432 g/mol. The van der Waals surface area contributed by atoms with Gasteiger partial charge in [-0.2, -0.15) is 5.10 Å². The average molecular weight is 454 g/mol. The monoisotopic (exact) mass is 453 g/mol. The molecule has 2 aromatic carbocycles. The largest absolute Gasteiger partial charge is 0.335 e.